The van der Waals surface area contributed by atoms with Crippen LogP contribution in [-0.2, 0) is 16.4 Å². The Balaban J connectivity index is 1.54. The normalized spacial score (nSPS) is 16.3. The molecule has 0 saturated carbocycles. The third-order valence-electron chi connectivity index (χ3n) is 5.16. The van der Waals surface area contributed by atoms with E-state index in [4.69, 9.17) is 5.73 Å². The summed E-state index contributed by atoms with van der Waals surface area (Å²) in [7, 11) is -3.99. The summed E-state index contributed by atoms with van der Waals surface area (Å²) in [4.78, 5) is 8.25. The van der Waals surface area contributed by atoms with Crippen LogP contribution < -0.4 is 15.4 Å². The molecule has 3 heterocycles. The van der Waals surface area contributed by atoms with Crippen molar-refractivity contribution in [3.63, 3.8) is 0 Å². The average molecular weight is 439 g/mol. The minimum absolute atomic E-state index is 0.0692. The van der Waals surface area contributed by atoms with Crippen molar-refractivity contribution in [1.82, 2.24) is 20.2 Å². The zero-order chi connectivity index (χ0) is 21.6. The lowest BCUT2D eigenvalue weighted by molar-refractivity contribution is 0.577. The zero-order valence-electron chi connectivity index (χ0n) is 16.2. The van der Waals surface area contributed by atoms with E-state index < -0.39 is 15.8 Å². The number of hydrogen-bond acceptors (Lipinski definition) is 7. The predicted molar refractivity (Wildman–Crippen MR) is 115 cm³/mol. The number of sulfonamides is 1. The Bertz CT molecular complexity index is 1390. The molecule has 5 rings (SSSR count). The Kier molecular flexibility index (Phi) is 4.47. The Morgan fingerprint density at radius 2 is 2.00 bits per heavy atom. The molecule has 158 valence electrons. The molecule has 2 aromatic carbocycles. The summed E-state index contributed by atoms with van der Waals surface area (Å²) in [6.45, 7) is 0.124. The minimum Gasteiger partial charge on any atom is -0.368 e. The van der Waals surface area contributed by atoms with Crippen molar-refractivity contribution in [2.45, 2.75) is 17.4 Å². The number of aromatic nitrogens is 4. The molecule has 0 amide bonds. The highest BCUT2D eigenvalue weighted by Gasteiger charge is 2.33. The number of anilines is 3. The molecule has 1 unspecified atom stereocenters. The van der Waals surface area contributed by atoms with Gasteiger partial charge in [-0.3, -0.25) is 9.40 Å². The van der Waals surface area contributed by atoms with E-state index in [1.54, 1.807) is 18.3 Å². The van der Waals surface area contributed by atoms with E-state index in [-0.39, 0.29) is 23.4 Å². The van der Waals surface area contributed by atoms with Crippen molar-refractivity contribution >= 4 is 38.5 Å². The highest BCUT2D eigenvalue weighted by molar-refractivity contribution is 7.92. The summed E-state index contributed by atoms with van der Waals surface area (Å²) >= 11 is 0. The van der Waals surface area contributed by atoms with E-state index in [0.29, 0.717) is 29.0 Å². The van der Waals surface area contributed by atoms with E-state index in [2.05, 4.69) is 25.5 Å². The number of nitrogens with two attached hydrogens (primary N) is 1. The largest absolute Gasteiger partial charge is 0.368 e. The Morgan fingerprint density at radius 3 is 2.84 bits per heavy atom. The highest BCUT2D eigenvalue weighted by atomic mass is 32.2. The third kappa shape index (κ3) is 3.42. The molecule has 0 bridgehead atoms. The maximum absolute atomic E-state index is 13.8. The fraction of sp³-hybridized carbons (Fsp3) is 0.150. The summed E-state index contributed by atoms with van der Waals surface area (Å²) in [6.07, 6.45) is 2.14. The van der Waals surface area contributed by atoms with Gasteiger partial charge in [-0.1, -0.05) is 24.3 Å². The summed E-state index contributed by atoms with van der Waals surface area (Å²) in [6, 6.07) is 11.9. The van der Waals surface area contributed by atoms with E-state index in [1.807, 2.05) is 12.1 Å². The van der Waals surface area contributed by atoms with Crippen LogP contribution in [0.1, 0.15) is 5.56 Å². The molecule has 1 atom stereocenters. The molecular formula is C20H18FN7O2S. The smallest absolute Gasteiger partial charge is 0.264 e. The van der Waals surface area contributed by atoms with Gasteiger partial charge in [0.25, 0.3) is 10.0 Å². The van der Waals surface area contributed by atoms with Crippen LogP contribution in [0.3, 0.4) is 0 Å². The molecule has 0 spiro atoms. The molecular weight excluding hydrogens is 421 g/mol. The fourth-order valence-electron chi connectivity index (χ4n) is 3.79. The SMILES string of the molecule is Nc1nc(NC2Cc3ccccc3N(S(=O)(=O)c3cccc(F)c3)C2)c2cn[nH]c2n1. The van der Waals surface area contributed by atoms with Gasteiger partial charge in [0, 0.05) is 0 Å². The molecule has 11 heteroatoms. The first-order valence-corrected chi connectivity index (χ1v) is 10.9. The van der Waals surface area contributed by atoms with Gasteiger partial charge in [-0.05, 0) is 36.2 Å². The number of benzene rings is 2. The van der Waals surface area contributed by atoms with Gasteiger partial charge in [-0.25, -0.2) is 12.8 Å². The van der Waals surface area contributed by atoms with Crippen LogP contribution in [0.15, 0.2) is 59.6 Å². The quantitative estimate of drug-likeness (QED) is 0.445. The van der Waals surface area contributed by atoms with Crippen molar-refractivity contribution in [3.8, 4) is 0 Å². The summed E-state index contributed by atoms with van der Waals surface area (Å²) in [5.74, 6) is -0.0803. The molecule has 0 fully saturated rings. The number of hydrogen-bond donors (Lipinski definition) is 3. The lowest BCUT2D eigenvalue weighted by Gasteiger charge is -2.35. The Morgan fingerprint density at radius 1 is 1.16 bits per heavy atom. The van der Waals surface area contributed by atoms with Crippen LogP contribution in [-0.4, -0.2) is 41.2 Å². The molecule has 4 aromatic rings. The van der Waals surface area contributed by atoms with E-state index in [0.717, 1.165) is 11.6 Å². The molecule has 0 saturated heterocycles. The monoisotopic (exact) mass is 439 g/mol. The number of aromatic amines is 1. The highest BCUT2D eigenvalue weighted by Crippen LogP contribution is 2.33. The van der Waals surface area contributed by atoms with Gasteiger partial charge in [0.15, 0.2) is 5.65 Å². The molecule has 0 radical (unpaired) electrons. The first-order valence-electron chi connectivity index (χ1n) is 9.51. The molecule has 9 nitrogen and oxygen atoms in total. The van der Waals surface area contributed by atoms with Gasteiger partial charge in [0.1, 0.15) is 11.6 Å². The van der Waals surface area contributed by atoms with Gasteiger partial charge >= 0.3 is 0 Å². The lowest BCUT2D eigenvalue weighted by Crippen LogP contribution is -2.45. The zero-order valence-corrected chi connectivity index (χ0v) is 17.0. The maximum Gasteiger partial charge on any atom is 0.264 e. The van der Waals surface area contributed by atoms with Crippen molar-refractivity contribution in [1.29, 1.82) is 0 Å². The first-order chi connectivity index (χ1) is 14.9. The van der Waals surface area contributed by atoms with Gasteiger partial charge in [0.05, 0.1) is 34.8 Å². The number of nitrogens with zero attached hydrogens (tertiary/aromatic N) is 4. The standard InChI is InChI=1S/C20H18FN7O2S/c21-13-5-3-6-15(9-13)31(29,30)28-11-14(8-12-4-1-2-7-17(12)28)24-18-16-10-23-27-19(16)26-20(22)25-18/h1-7,9-10,14H,8,11H2,(H4,22,23,24,25,26,27). The number of nitrogen functional groups attached to an aromatic ring is 1. The number of nitrogens with one attached hydrogen (secondary N) is 2. The van der Waals surface area contributed by atoms with Crippen molar-refractivity contribution in [2.24, 2.45) is 0 Å². The van der Waals surface area contributed by atoms with Crippen LogP contribution in [0.2, 0.25) is 0 Å². The van der Waals surface area contributed by atoms with Crippen LogP contribution in [0.5, 0.6) is 0 Å². The van der Waals surface area contributed by atoms with Crippen LogP contribution >= 0.6 is 0 Å². The molecule has 31 heavy (non-hydrogen) atoms. The molecule has 1 aliphatic heterocycles. The fourth-order valence-corrected chi connectivity index (χ4v) is 5.37. The van der Waals surface area contributed by atoms with Gasteiger partial charge in [-0.15, -0.1) is 0 Å². The lowest BCUT2D eigenvalue weighted by atomic mass is 9.99. The second-order valence-electron chi connectivity index (χ2n) is 7.23. The summed E-state index contributed by atoms with van der Waals surface area (Å²) < 4.78 is 41.8. The second kappa shape index (κ2) is 7.20. The maximum atomic E-state index is 13.8. The number of rotatable bonds is 4. The van der Waals surface area contributed by atoms with Crippen molar-refractivity contribution in [3.05, 3.63) is 66.1 Å². The third-order valence-corrected chi connectivity index (χ3v) is 6.94. The van der Waals surface area contributed by atoms with Gasteiger partial charge in [0.2, 0.25) is 5.95 Å². The average Bonchev–Trinajstić information content (AvgIpc) is 3.22. The molecule has 4 N–H and O–H groups in total. The Labute approximate surface area is 177 Å². The van der Waals surface area contributed by atoms with Crippen LogP contribution in [0.4, 0.5) is 21.8 Å². The van der Waals surface area contributed by atoms with Crippen molar-refractivity contribution in [2.75, 3.05) is 21.9 Å². The second-order valence-corrected chi connectivity index (χ2v) is 9.09. The van der Waals surface area contributed by atoms with E-state index in [1.165, 1.54) is 22.5 Å². The molecule has 2 aromatic heterocycles. The molecule has 1 aliphatic rings. The topological polar surface area (TPSA) is 130 Å². The number of para-hydroxylation sites is 1. The number of halogens is 1. The number of H-pyrrole nitrogens is 1. The summed E-state index contributed by atoms with van der Waals surface area (Å²) in [5, 5.41) is 10.7. The molecule has 0 aliphatic carbocycles. The minimum atomic E-state index is -3.99. The first kappa shape index (κ1) is 19.2. The Hall–Kier alpha value is -3.73. The van der Waals surface area contributed by atoms with Crippen LogP contribution in [0.25, 0.3) is 11.0 Å². The van der Waals surface area contributed by atoms with Gasteiger partial charge in [-0.2, -0.15) is 15.1 Å². The number of fused-ring (bicyclic) bond motifs is 2. The predicted octanol–water partition coefficient (Wildman–Crippen LogP) is 2.31. The van der Waals surface area contributed by atoms with Crippen molar-refractivity contribution < 1.29 is 12.8 Å². The van der Waals surface area contributed by atoms with E-state index in [9.17, 15) is 12.8 Å². The van der Waals surface area contributed by atoms with Gasteiger partial charge < -0.3 is 11.1 Å². The van der Waals surface area contributed by atoms with Crippen LogP contribution in [0, 0.1) is 5.82 Å². The summed E-state index contributed by atoms with van der Waals surface area (Å²) in [5.41, 5.74) is 7.70. The van der Waals surface area contributed by atoms with E-state index >= 15 is 0 Å².